The second-order valence-electron chi connectivity index (χ2n) is 6.08. The topological polar surface area (TPSA) is 38.0 Å². The van der Waals surface area contributed by atoms with Gasteiger partial charge in [0.1, 0.15) is 5.82 Å². The first kappa shape index (κ1) is 14.5. The van der Waals surface area contributed by atoms with Crippen LogP contribution in [0.5, 0.6) is 0 Å². The van der Waals surface area contributed by atoms with E-state index in [1.54, 1.807) is 0 Å². The first-order valence-corrected chi connectivity index (χ1v) is 7.31. The molecule has 19 heavy (non-hydrogen) atoms. The summed E-state index contributed by atoms with van der Waals surface area (Å²) in [6.45, 7) is 3.76. The minimum Gasteiger partial charge on any atom is -0.329 e. The first-order chi connectivity index (χ1) is 9.11. The molecule has 1 aromatic rings. The number of hydrogen-bond donors (Lipinski definition) is 2. The van der Waals surface area contributed by atoms with Gasteiger partial charge in [-0.15, -0.1) is 0 Å². The van der Waals surface area contributed by atoms with E-state index in [1.165, 1.54) is 37.8 Å². The molecule has 0 heterocycles. The predicted molar refractivity (Wildman–Crippen MR) is 77.5 cm³/mol. The number of nitrogens with one attached hydrogen (secondary N) is 1. The second-order valence-corrected chi connectivity index (χ2v) is 6.08. The molecule has 106 valence electrons. The highest BCUT2D eigenvalue weighted by atomic mass is 19.1. The van der Waals surface area contributed by atoms with Crippen LogP contribution in [0.1, 0.15) is 38.2 Å². The monoisotopic (exact) mass is 264 g/mol. The molecule has 0 spiro atoms. The summed E-state index contributed by atoms with van der Waals surface area (Å²) in [5, 5.41) is 3.57. The molecule has 2 nitrogen and oxygen atoms in total. The van der Waals surface area contributed by atoms with Gasteiger partial charge in [-0.1, -0.05) is 25.0 Å². The van der Waals surface area contributed by atoms with Gasteiger partial charge in [0.2, 0.25) is 0 Å². The van der Waals surface area contributed by atoms with Crippen molar-refractivity contribution in [1.29, 1.82) is 0 Å². The molecule has 1 aromatic carbocycles. The highest BCUT2D eigenvalue weighted by Gasteiger charge is 2.23. The Labute approximate surface area is 115 Å². The quantitative estimate of drug-likeness (QED) is 0.709. The number of benzene rings is 1. The Balaban J connectivity index is 1.79. The van der Waals surface area contributed by atoms with Crippen LogP contribution in [0.3, 0.4) is 0 Å². The maximum Gasteiger partial charge on any atom is 0.123 e. The molecule has 0 amide bonds. The normalized spacial score (nSPS) is 18.3. The van der Waals surface area contributed by atoms with E-state index >= 15 is 0 Å². The lowest BCUT2D eigenvalue weighted by atomic mass is 9.92. The second kappa shape index (κ2) is 6.49. The maximum absolute atomic E-state index is 12.9. The van der Waals surface area contributed by atoms with Crippen molar-refractivity contribution in [3.63, 3.8) is 0 Å². The number of rotatable bonds is 8. The van der Waals surface area contributed by atoms with Gasteiger partial charge in [0, 0.05) is 12.1 Å². The van der Waals surface area contributed by atoms with Crippen LogP contribution < -0.4 is 11.1 Å². The summed E-state index contributed by atoms with van der Waals surface area (Å²) in [5.41, 5.74) is 6.94. The molecule has 1 fully saturated rings. The van der Waals surface area contributed by atoms with E-state index in [-0.39, 0.29) is 11.4 Å². The predicted octanol–water partition coefficient (Wildman–Crippen LogP) is 2.87. The summed E-state index contributed by atoms with van der Waals surface area (Å²) in [5.74, 6) is 0.804. The average molecular weight is 264 g/mol. The van der Waals surface area contributed by atoms with Gasteiger partial charge in [-0.25, -0.2) is 4.39 Å². The van der Waals surface area contributed by atoms with Gasteiger partial charge in [-0.05, 0) is 56.3 Å². The van der Waals surface area contributed by atoms with Crippen molar-refractivity contribution >= 4 is 0 Å². The Morgan fingerprint density at radius 3 is 2.58 bits per heavy atom. The van der Waals surface area contributed by atoms with E-state index in [0.29, 0.717) is 6.54 Å². The van der Waals surface area contributed by atoms with E-state index in [0.717, 1.165) is 24.4 Å². The average Bonchev–Trinajstić information content (AvgIpc) is 3.22. The first-order valence-electron chi connectivity index (χ1n) is 7.31. The zero-order valence-electron chi connectivity index (χ0n) is 11.8. The van der Waals surface area contributed by atoms with E-state index < -0.39 is 0 Å². The molecular weight excluding hydrogens is 239 g/mol. The van der Waals surface area contributed by atoms with Crippen molar-refractivity contribution in [2.24, 2.45) is 11.7 Å². The smallest absolute Gasteiger partial charge is 0.123 e. The van der Waals surface area contributed by atoms with Crippen LogP contribution in [-0.2, 0) is 6.42 Å². The van der Waals surface area contributed by atoms with Crippen LogP contribution in [0, 0.1) is 11.7 Å². The summed E-state index contributed by atoms with van der Waals surface area (Å²) in [6.07, 6.45) is 6.24. The molecule has 1 aliphatic rings. The number of nitrogens with two attached hydrogens (primary N) is 1. The SMILES string of the molecule is CC(CN)(Cc1ccc(F)cc1)NCCCC1CC1. The standard InChI is InChI=1S/C16H25FN2/c1-16(12-18,19-10-2-3-13-4-5-13)11-14-6-8-15(17)9-7-14/h6-9,13,19H,2-5,10-12,18H2,1H3. The highest BCUT2D eigenvalue weighted by molar-refractivity contribution is 5.18. The molecule has 1 atom stereocenters. The zero-order chi connectivity index (χ0) is 13.7. The third-order valence-corrected chi connectivity index (χ3v) is 4.00. The highest BCUT2D eigenvalue weighted by Crippen LogP contribution is 2.33. The molecule has 0 aliphatic heterocycles. The molecule has 1 aliphatic carbocycles. The van der Waals surface area contributed by atoms with Crippen molar-refractivity contribution in [1.82, 2.24) is 5.32 Å². The van der Waals surface area contributed by atoms with Crippen molar-refractivity contribution in [3.05, 3.63) is 35.6 Å². The minimum absolute atomic E-state index is 0.0959. The lowest BCUT2D eigenvalue weighted by molar-refractivity contribution is 0.355. The summed E-state index contributed by atoms with van der Waals surface area (Å²) in [4.78, 5) is 0. The molecule has 3 N–H and O–H groups in total. The number of halogens is 1. The Morgan fingerprint density at radius 1 is 1.32 bits per heavy atom. The Bertz CT molecular complexity index is 386. The summed E-state index contributed by atoms with van der Waals surface area (Å²) in [7, 11) is 0. The maximum atomic E-state index is 12.9. The van der Waals surface area contributed by atoms with Crippen LogP contribution in [0.2, 0.25) is 0 Å². The van der Waals surface area contributed by atoms with E-state index in [4.69, 9.17) is 5.73 Å². The van der Waals surface area contributed by atoms with Gasteiger partial charge >= 0.3 is 0 Å². The summed E-state index contributed by atoms with van der Waals surface area (Å²) < 4.78 is 12.9. The molecule has 0 radical (unpaired) electrons. The van der Waals surface area contributed by atoms with Gasteiger partial charge in [-0.2, -0.15) is 0 Å². The third kappa shape index (κ3) is 4.92. The van der Waals surface area contributed by atoms with E-state index in [2.05, 4.69) is 12.2 Å². The van der Waals surface area contributed by atoms with Gasteiger partial charge in [0.15, 0.2) is 0 Å². The van der Waals surface area contributed by atoms with Crippen LogP contribution in [-0.4, -0.2) is 18.6 Å². The van der Waals surface area contributed by atoms with Crippen molar-refractivity contribution in [3.8, 4) is 0 Å². The fraction of sp³-hybridized carbons (Fsp3) is 0.625. The molecule has 3 heteroatoms. The largest absolute Gasteiger partial charge is 0.329 e. The van der Waals surface area contributed by atoms with E-state index in [1.807, 2.05) is 12.1 Å². The van der Waals surface area contributed by atoms with Crippen molar-refractivity contribution in [2.45, 2.75) is 44.6 Å². The lowest BCUT2D eigenvalue weighted by Crippen LogP contribution is -2.50. The molecule has 1 saturated carbocycles. The van der Waals surface area contributed by atoms with Crippen molar-refractivity contribution in [2.75, 3.05) is 13.1 Å². The summed E-state index contributed by atoms with van der Waals surface area (Å²) >= 11 is 0. The molecule has 0 aromatic heterocycles. The van der Waals surface area contributed by atoms with Gasteiger partial charge in [-0.3, -0.25) is 0 Å². The van der Waals surface area contributed by atoms with Crippen LogP contribution in [0.4, 0.5) is 4.39 Å². The molecule has 0 bridgehead atoms. The molecule has 0 saturated heterocycles. The molecule has 1 unspecified atom stereocenters. The van der Waals surface area contributed by atoms with Crippen LogP contribution in [0.25, 0.3) is 0 Å². The van der Waals surface area contributed by atoms with Gasteiger partial charge < -0.3 is 11.1 Å². The minimum atomic E-state index is -0.185. The fourth-order valence-corrected chi connectivity index (χ4v) is 2.45. The fourth-order valence-electron chi connectivity index (χ4n) is 2.45. The summed E-state index contributed by atoms with van der Waals surface area (Å²) in [6, 6.07) is 6.71. The Hall–Kier alpha value is -0.930. The lowest BCUT2D eigenvalue weighted by Gasteiger charge is -2.30. The zero-order valence-corrected chi connectivity index (χ0v) is 11.8. The van der Waals surface area contributed by atoms with Crippen LogP contribution >= 0.6 is 0 Å². The third-order valence-electron chi connectivity index (χ3n) is 4.00. The number of hydrogen-bond acceptors (Lipinski definition) is 2. The Kier molecular flexibility index (Phi) is 4.94. The molecular formula is C16H25FN2. The Morgan fingerprint density at radius 2 is 2.00 bits per heavy atom. The molecule has 2 rings (SSSR count). The van der Waals surface area contributed by atoms with Gasteiger partial charge in [0.25, 0.3) is 0 Å². The van der Waals surface area contributed by atoms with Gasteiger partial charge in [0.05, 0.1) is 0 Å². The van der Waals surface area contributed by atoms with Crippen molar-refractivity contribution < 1.29 is 4.39 Å². The van der Waals surface area contributed by atoms with Crippen LogP contribution in [0.15, 0.2) is 24.3 Å². The van der Waals surface area contributed by atoms with E-state index in [9.17, 15) is 4.39 Å².